The van der Waals surface area contributed by atoms with Gasteiger partial charge in [0, 0.05) is 19.3 Å². The molecule has 1 amide bonds. The predicted molar refractivity (Wildman–Crippen MR) is 51.6 cm³/mol. The number of aromatic amines is 1. The first-order valence-corrected chi connectivity index (χ1v) is 4.69. The number of morpholine rings is 1. The van der Waals surface area contributed by atoms with E-state index in [0.29, 0.717) is 26.3 Å². The van der Waals surface area contributed by atoms with E-state index in [1.165, 1.54) is 6.20 Å². The molecule has 1 fully saturated rings. The van der Waals surface area contributed by atoms with Crippen molar-refractivity contribution in [3.63, 3.8) is 0 Å². The van der Waals surface area contributed by atoms with E-state index < -0.39 is 0 Å². The Labute approximate surface area is 85.9 Å². The number of carbonyl (C=O) groups is 1. The summed E-state index contributed by atoms with van der Waals surface area (Å²) in [7, 11) is 0. The zero-order chi connectivity index (χ0) is 10.7. The van der Waals surface area contributed by atoms with E-state index in [1.807, 2.05) is 0 Å². The molecule has 1 aliphatic rings. The Morgan fingerprint density at radius 2 is 2.20 bits per heavy atom. The number of aromatic nitrogens is 2. The van der Waals surface area contributed by atoms with Crippen molar-refractivity contribution in [2.24, 2.45) is 0 Å². The molecule has 1 aromatic rings. The summed E-state index contributed by atoms with van der Waals surface area (Å²) in [5, 5.41) is 0. The van der Waals surface area contributed by atoms with Crippen LogP contribution >= 0.6 is 0 Å². The third-order valence-electron chi connectivity index (χ3n) is 2.19. The maximum atomic E-state index is 11.8. The highest BCUT2D eigenvalue weighted by Gasteiger charge is 2.19. The Balaban J connectivity index is 2.12. The van der Waals surface area contributed by atoms with Crippen molar-refractivity contribution in [2.75, 3.05) is 26.3 Å². The van der Waals surface area contributed by atoms with Crippen LogP contribution in [0.3, 0.4) is 0 Å². The SMILES string of the molecule is O=C(c1c[nH]c(=O)cn1)N1CCOCC1. The molecule has 1 aromatic heterocycles. The van der Waals surface area contributed by atoms with Crippen molar-refractivity contribution in [3.05, 3.63) is 28.4 Å². The van der Waals surface area contributed by atoms with Crippen molar-refractivity contribution in [2.45, 2.75) is 0 Å². The third-order valence-corrected chi connectivity index (χ3v) is 2.19. The number of carbonyl (C=O) groups excluding carboxylic acids is 1. The summed E-state index contributed by atoms with van der Waals surface area (Å²) in [5.41, 5.74) is -0.0509. The number of nitrogens with zero attached hydrogens (tertiary/aromatic N) is 2. The normalized spacial score (nSPS) is 16.4. The summed E-state index contributed by atoms with van der Waals surface area (Å²) in [6.45, 7) is 2.24. The molecule has 0 atom stereocenters. The number of amides is 1. The van der Waals surface area contributed by atoms with E-state index in [-0.39, 0.29) is 17.2 Å². The number of ether oxygens (including phenoxy) is 1. The topological polar surface area (TPSA) is 75.3 Å². The lowest BCUT2D eigenvalue weighted by Crippen LogP contribution is -2.41. The van der Waals surface area contributed by atoms with Crippen LogP contribution in [0.4, 0.5) is 0 Å². The zero-order valence-electron chi connectivity index (χ0n) is 8.10. The highest BCUT2D eigenvalue weighted by atomic mass is 16.5. The van der Waals surface area contributed by atoms with Crippen LogP contribution in [0.2, 0.25) is 0 Å². The predicted octanol–water partition coefficient (Wildman–Crippen LogP) is -0.758. The number of hydrogen-bond acceptors (Lipinski definition) is 4. The molecule has 1 saturated heterocycles. The molecule has 2 heterocycles. The van der Waals surface area contributed by atoms with Gasteiger partial charge in [0.05, 0.1) is 19.4 Å². The Hall–Kier alpha value is -1.69. The van der Waals surface area contributed by atoms with Crippen LogP contribution in [0.25, 0.3) is 0 Å². The molecule has 0 saturated carbocycles. The first-order valence-electron chi connectivity index (χ1n) is 4.69. The van der Waals surface area contributed by atoms with Crippen LogP contribution in [-0.4, -0.2) is 47.1 Å². The summed E-state index contributed by atoms with van der Waals surface area (Å²) in [6.07, 6.45) is 2.44. The van der Waals surface area contributed by atoms with Gasteiger partial charge in [0.2, 0.25) is 0 Å². The number of rotatable bonds is 1. The summed E-state index contributed by atoms with van der Waals surface area (Å²) in [6, 6.07) is 0. The van der Waals surface area contributed by atoms with Crippen LogP contribution in [0, 0.1) is 0 Å². The van der Waals surface area contributed by atoms with Gasteiger partial charge in [-0.15, -0.1) is 0 Å². The minimum atomic E-state index is -0.312. The number of nitrogens with one attached hydrogen (secondary N) is 1. The lowest BCUT2D eigenvalue weighted by atomic mass is 10.3. The van der Waals surface area contributed by atoms with Gasteiger partial charge in [0.1, 0.15) is 5.69 Å². The van der Waals surface area contributed by atoms with Crippen molar-refractivity contribution in [1.29, 1.82) is 0 Å². The largest absolute Gasteiger partial charge is 0.378 e. The number of H-pyrrole nitrogens is 1. The summed E-state index contributed by atoms with van der Waals surface area (Å²) in [5.74, 6) is -0.172. The van der Waals surface area contributed by atoms with Crippen molar-refractivity contribution in [1.82, 2.24) is 14.9 Å². The van der Waals surface area contributed by atoms with Gasteiger partial charge in [0.15, 0.2) is 0 Å². The van der Waals surface area contributed by atoms with E-state index >= 15 is 0 Å². The molecule has 15 heavy (non-hydrogen) atoms. The van der Waals surface area contributed by atoms with Gasteiger partial charge < -0.3 is 14.6 Å². The third kappa shape index (κ3) is 2.21. The molecule has 0 unspecified atom stereocenters. The van der Waals surface area contributed by atoms with Gasteiger partial charge in [-0.3, -0.25) is 9.59 Å². The van der Waals surface area contributed by atoms with E-state index in [1.54, 1.807) is 4.90 Å². The van der Waals surface area contributed by atoms with E-state index in [2.05, 4.69) is 9.97 Å². The van der Waals surface area contributed by atoms with Gasteiger partial charge in [-0.1, -0.05) is 0 Å². The standard InChI is InChI=1S/C9H11N3O3/c13-8-6-10-7(5-11-8)9(14)12-1-3-15-4-2-12/h5-6H,1-4H2,(H,11,13). The molecule has 1 aliphatic heterocycles. The summed E-state index contributed by atoms with van der Waals surface area (Å²) < 4.78 is 5.13. The summed E-state index contributed by atoms with van der Waals surface area (Å²) >= 11 is 0. The molecular weight excluding hydrogens is 198 g/mol. The second kappa shape index (κ2) is 4.22. The van der Waals surface area contributed by atoms with Crippen molar-refractivity contribution in [3.8, 4) is 0 Å². The van der Waals surface area contributed by atoms with Gasteiger partial charge in [0.25, 0.3) is 11.5 Å². The second-order valence-corrected chi connectivity index (χ2v) is 3.20. The average Bonchev–Trinajstić information content (AvgIpc) is 2.30. The average molecular weight is 209 g/mol. The molecule has 0 aliphatic carbocycles. The fourth-order valence-corrected chi connectivity index (χ4v) is 1.39. The van der Waals surface area contributed by atoms with Crippen LogP contribution in [-0.2, 0) is 4.74 Å². The minimum Gasteiger partial charge on any atom is -0.378 e. The maximum Gasteiger partial charge on any atom is 0.274 e. The maximum absolute atomic E-state index is 11.8. The monoisotopic (exact) mass is 209 g/mol. The van der Waals surface area contributed by atoms with E-state index in [9.17, 15) is 9.59 Å². The highest BCUT2D eigenvalue weighted by molar-refractivity contribution is 5.91. The van der Waals surface area contributed by atoms with Gasteiger partial charge in [-0.2, -0.15) is 0 Å². The molecule has 0 radical (unpaired) electrons. The Bertz CT molecular complexity index is 389. The molecule has 6 heteroatoms. The molecule has 0 spiro atoms. The zero-order valence-corrected chi connectivity index (χ0v) is 8.10. The van der Waals surface area contributed by atoms with Crippen LogP contribution in [0.15, 0.2) is 17.2 Å². The fourth-order valence-electron chi connectivity index (χ4n) is 1.39. The first-order chi connectivity index (χ1) is 7.27. The lowest BCUT2D eigenvalue weighted by molar-refractivity contribution is 0.0298. The van der Waals surface area contributed by atoms with E-state index in [4.69, 9.17) is 4.74 Å². The lowest BCUT2D eigenvalue weighted by Gasteiger charge is -2.26. The molecule has 1 N–H and O–H groups in total. The van der Waals surface area contributed by atoms with Crippen molar-refractivity contribution >= 4 is 5.91 Å². The smallest absolute Gasteiger partial charge is 0.274 e. The van der Waals surface area contributed by atoms with E-state index in [0.717, 1.165) is 6.20 Å². The molecule has 6 nitrogen and oxygen atoms in total. The Morgan fingerprint density at radius 3 is 2.80 bits per heavy atom. The minimum absolute atomic E-state index is 0.172. The number of hydrogen-bond donors (Lipinski definition) is 1. The van der Waals surface area contributed by atoms with Gasteiger partial charge in [-0.05, 0) is 0 Å². The first kappa shape index (κ1) is 9.85. The Kier molecular flexibility index (Phi) is 2.77. The van der Waals surface area contributed by atoms with Gasteiger partial charge >= 0.3 is 0 Å². The molecule has 80 valence electrons. The quantitative estimate of drug-likeness (QED) is 0.659. The highest BCUT2D eigenvalue weighted by Crippen LogP contribution is 2.02. The second-order valence-electron chi connectivity index (χ2n) is 3.20. The summed E-state index contributed by atoms with van der Waals surface area (Å²) in [4.78, 5) is 30.4. The molecule has 0 bridgehead atoms. The Morgan fingerprint density at radius 1 is 1.47 bits per heavy atom. The fraction of sp³-hybridized carbons (Fsp3) is 0.444. The molecule has 0 aromatic carbocycles. The van der Waals surface area contributed by atoms with Crippen molar-refractivity contribution < 1.29 is 9.53 Å². The van der Waals surface area contributed by atoms with Gasteiger partial charge in [-0.25, -0.2) is 4.98 Å². The van der Waals surface area contributed by atoms with Crippen LogP contribution < -0.4 is 5.56 Å². The van der Waals surface area contributed by atoms with Crippen LogP contribution in [0.5, 0.6) is 0 Å². The van der Waals surface area contributed by atoms with Crippen LogP contribution in [0.1, 0.15) is 10.5 Å². The molecule has 2 rings (SSSR count). The molecular formula is C9H11N3O3.